The number of aliphatic hydroxyl groups is 2. The summed E-state index contributed by atoms with van der Waals surface area (Å²) in [6.45, 7) is 0.267. The van der Waals surface area contributed by atoms with E-state index in [0.717, 1.165) is 5.56 Å². The largest absolute Gasteiger partial charge is 0.445 e. The van der Waals surface area contributed by atoms with Crippen LogP contribution in [-0.4, -0.2) is 33.9 Å². The first-order chi connectivity index (χ1) is 12.0. The highest BCUT2D eigenvalue weighted by Crippen LogP contribution is 2.29. The molecule has 0 aliphatic rings. The molecule has 8 heteroatoms. The smallest absolute Gasteiger partial charge is 0.407 e. The number of rotatable bonds is 7. The van der Waals surface area contributed by atoms with Gasteiger partial charge in [-0.2, -0.15) is 0 Å². The number of benzene rings is 1. The van der Waals surface area contributed by atoms with Gasteiger partial charge in [-0.05, 0) is 18.1 Å². The standard InChI is InChI=1S/C17H20ClN3O4/c18-16-14(12(19)6-8-20-16)15(23)13(22)7-9-21-17(24)25-10-11-4-2-1-3-5-11/h1-6,8,13,15,22-23H,7,9-10H2,(H2,19,20)(H,21,24). The Morgan fingerprint density at radius 3 is 2.68 bits per heavy atom. The van der Waals surface area contributed by atoms with Crippen LogP contribution >= 0.6 is 11.6 Å². The molecular weight excluding hydrogens is 346 g/mol. The highest BCUT2D eigenvalue weighted by molar-refractivity contribution is 6.30. The maximum absolute atomic E-state index is 11.6. The quantitative estimate of drug-likeness (QED) is 0.557. The Hall–Kier alpha value is -2.35. The molecule has 0 saturated heterocycles. The molecule has 1 heterocycles. The number of aromatic nitrogens is 1. The molecule has 134 valence electrons. The molecule has 25 heavy (non-hydrogen) atoms. The number of nitrogen functional groups attached to an aromatic ring is 1. The number of nitrogens with one attached hydrogen (secondary N) is 1. The van der Waals surface area contributed by atoms with Gasteiger partial charge in [0.1, 0.15) is 17.9 Å². The van der Waals surface area contributed by atoms with Crippen LogP contribution in [0.2, 0.25) is 5.15 Å². The molecule has 5 N–H and O–H groups in total. The monoisotopic (exact) mass is 365 g/mol. The number of carbonyl (C=O) groups excluding carboxylic acids is 1. The van der Waals surface area contributed by atoms with Crippen molar-refractivity contribution in [3.63, 3.8) is 0 Å². The minimum atomic E-state index is -1.30. The lowest BCUT2D eigenvalue weighted by atomic mass is 10.0. The number of alkyl carbamates (subject to hydrolysis) is 1. The van der Waals surface area contributed by atoms with E-state index in [-0.39, 0.29) is 36.0 Å². The second-order valence-electron chi connectivity index (χ2n) is 5.39. The average molecular weight is 366 g/mol. The van der Waals surface area contributed by atoms with Crippen LogP contribution in [0.1, 0.15) is 23.7 Å². The van der Waals surface area contributed by atoms with Crippen molar-refractivity contribution in [3.8, 4) is 0 Å². The van der Waals surface area contributed by atoms with E-state index < -0.39 is 18.3 Å². The predicted octanol–water partition coefficient (Wildman–Crippen LogP) is 2.03. The SMILES string of the molecule is Nc1ccnc(Cl)c1C(O)C(O)CCNC(=O)OCc1ccccc1. The molecule has 1 aromatic carbocycles. The van der Waals surface area contributed by atoms with Crippen LogP contribution in [-0.2, 0) is 11.3 Å². The van der Waals surface area contributed by atoms with Gasteiger partial charge in [-0.15, -0.1) is 0 Å². The number of halogens is 1. The van der Waals surface area contributed by atoms with Crippen LogP contribution in [0.15, 0.2) is 42.6 Å². The van der Waals surface area contributed by atoms with Gasteiger partial charge in [0.15, 0.2) is 0 Å². The zero-order valence-electron chi connectivity index (χ0n) is 13.4. The van der Waals surface area contributed by atoms with Gasteiger partial charge in [-0.25, -0.2) is 9.78 Å². The van der Waals surface area contributed by atoms with Crippen LogP contribution in [0.25, 0.3) is 0 Å². The van der Waals surface area contributed by atoms with E-state index in [1.807, 2.05) is 30.3 Å². The van der Waals surface area contributed by atoms with Crippen LogP contribution in [0.5, 0.6) is 0 Å². The molecule has 2 atom stereocenters. The first kappa shape index (κ1) is 19.0. The Labute approximate surface area is 150 Å². The lowest BCUT2D eigenvalue weighted by molar-refractivity contribution is 0.0139. The summed E-state index contributed by atoms with van der Waals surface area (Å²) >= 11 is 5.90. The number of aliphatic hydroxyl groups excluding tert-OH is 2. The normalized spacial score (nSPS) is 13.1. The number of anilines is 1. The van der Waals surface area contributed by atoms with Crippen molar-refractivity contribution in [1.29, 1.82) is 0 Å². The van der Waals surface area contributed by atoms with Gasteiger partial charge in [-0.1, -0.05) is 41.9 Å². The Morgan fingerprint density at radius 2 is 2.00 bits per heavy atom. The summed E-state index contributed by atoms with van der Waals surface area (Å²) in [4.78, 5) is 15.4. The molecule has 0 bridgehead atoms. The summed E-state index contributed by atoms with van der Waals surface area (Å²) in [5.74, 6) is 0. The molecule has 0 spiro atoms. The number of hydrogen-bond donors (Lipinski definition) is 4. The molecule has 0 aliphatic carbocycles. The van der Waals surface area contributed by atoms with E-state index in [4.69, 9.17) is 22.1 Å². The van der Waals surface area contributed by atoms with Crippen molar-refractivity contribution in [3.05, 3.63) is 58.9 Å². The maximum Gasteiger partial charge on any atom is 0.407 e. The summed E-state index contributed by atoms with van der Waals surface area (Å²) in [7, 11) is 0. The summed E-state index contributed by atoms with van der Waals surface area (Å²) in [5, 5.41) is 22.8. The molecule has 0 radical (unpaired) electrons. The fraction of sp³-hybridized carbons (Fsp3) is 0.294. The minimum absolute atomic E-state index is 0.0294. The predicted molar refractivity (Wildman–Crippen MR) is 93.9 cm³/mol. The van der Waals surface area contributed by atoms with Crippen molar-refractivity contribution in [2.24, 2.45) is 0 Å². The number of ether oxygens (including phenoxy) is 1. The van der Waals surface area contributed by atoms with Crippen molar-refractivity contribution >= 4 is 23.4 Å². The summed E-state index contributed by atoms with van der Waals surface area (Å²) in [5.41, 5.74) is 7.02. The molecule has 7 nitrogen and oxygen atoms in total. The summed E-state index contributed by atoms with van der Waals surface area (Å²) < 4.78 is 5.05. The second-order valence-corrected chi connectivity index (χ2v) is 5.75. The highest BCUT2D eigenvalue weighted by atomic mass is 35.5. The molecule has 1 amide bonds. The maximum atomic E-state index is 11.6. The van der Waals surface area contributed by atoms with Gasteiger partial charge in [-0.3, -0.25) is 0 Å². The summed E-state index contributed by atoms with van der Waals surface area (Å²) in [6, 6.07) is 10.7. The highest BCUT2D eigenvalue weighted by Gasteiger charge is 2.23. The summed E-state index contributed by atoms with van der Waals surface area (Å²) in [6.07, 6.45) is -1.58. The molecule has 1 aromatic heterocycles. The Balaban J connectivity index is 1.76. The first-order valence-electron chi connectivity index (χ1n) is 7.69. The van der Waals surface area contributed by atoms with E-state index in [1.165, 1.54) is 12.3 Å². The number of nitrogens with zero attached hydrogens (tertiary/aromatic N) is 1. The van der Waals surface area contributed by atoms with Gasteiger partial charge in [0, 0.05) is 24.0 Å². The topological polar surface area (TPSA) is 118 Å². The van der Waals surface area contributed by atoms with E-state index in [9.17, 15) is 15.0 Å². The van der Waals surface area contributed by atoms with E-state index in [2.05, 4.69) is 10.3 Å². The van der Waals surface area contributed by atoms with Crippen molar-refractivity contribution in [2.75, 3.05) is 12.3 Å². The van der Waals surface area contributed by atoms with Gasteiger partial charge >= 0.3 is 6.09 Å². The van der Waals surface area contributed by atoms with E-state index in [1.54, 1.807) is 0 Å². The van der Waals surface area contributed by atoms with Crippen molar-refractivity contribution < 1.29 is 19.7 Å². The molecular formula is C17H20ClN3O4. The van der Waals surface area contributed by atoms with E-state index in [0.29, 0.717) is 0 Å². The fourth-order valence-electron chi connectivity index (χ4n) is 2.20. The van der Waals surface area contributed by atoms with Crippen molar-refractivity contribution in [2.45, 2.75) is 25.2 Å². The zero-order chi connectivity index (χ0) is 18.2. The van der Waals surface area contributed by atoms with Gasteiger partial charge in [0.25, 0.3) is 0 Å². The number of pyridine rings is 1. The molecule has 0 aliphatic heterocycles. The first-order valence-corrected chi connectivity index (χ1v) is 8.07. The second kappa shape index (κ2) is 9.22. The van der Waals surface area contributed by atoms with Gasteiger partial charge < -0.3 is 26.0 Å². The van der Waals surface area contributed by atoms with Crippen molar-refractivity contribution in [1.82, 2.24) is 10.3 Å². The molecule has 2 rings (SSSR count). The average Bonchev–Trinajstić information content (AvgIpc) is 2.60. The lowest BCUT2D eigenvalue weighted by Crippen LogP contribution is -2.30. The molecule has 0 fully saturated rings. The van der Waals surface area contributed by atoms with Gasteiger partial charge in [0.2, 0.25) is 0 Å². The third kappa shape index (κ3) is 5.60. The lowest BCUT2D eigenvalue weighted by Gasteiger charge is -2.20. The fourth-order valence-corrected chi connectivity index (χ4v) is 2.48. The minimum Gasteiger partial charge on any atom is -0.445 e. The number of amides is 1. The Bertz CT molecular complexity index is 679. The van der Waals surface area contributed by atoms with Crippen LogP contribution < -0.4 is 11.1 Å². The third-order valence-corrected chi connectivity index (χ3v) is 3.86. The number of hydrogen-bond acceptors (Lipinski definition) is 6. The Kier molecular flexibility index (Phi) is 7.00. The Morgan fingerprint density at radius 1 is 1.28 bits per heavy atom. The van der Waals surface area contributed by atoms with Crippen LogP contribution in [0, 0.1) is 0 Å². The van der Waals surface area contributed by atoms with E-state index >= 15 is 0 Å². The number of nitrogens with two attached hydrogens (primary N) is 1. The van der Waals surface area contributed by atoms with Crippen LogP contribution in [0.3, 0.4) is 0 Å². The zero-order valence-corrected chi connectivity index (χ0v) is 14.2. The van der Waals surface area contributed by atoms with Gasteiger partial charge in [0.05, 0.1) is 6.10 Å². The number of carbonyl (C=O) groups is 1. The molecule has 2 aromatic rings. The third-order valence-electron chi connectivity index (χ3n) is 3.56. The van der Waals surface area contributed by atoms with Crippen LogP contribution in [0.4, 0.5) is 10.5 Å². The molecule has 2 unspecified atom stereocenters. The molecule has 0 saturated carbocycles.